The molecule has 1 amide bonds. The topological polar surface area (TPSA) is 66.8 Å². The zero-order valence-electron chi connectivity index (χ0n) is 13.5. The summed E-state index contributed by atoms with van der Waals surface area (Å²) >= 11 is 1.37. The number of amides is 1. The molecule has 0 fully saturated rings. The van der Waals surface area contributed by atoms with E-state index in [0.717, 1.165) is 21.8 Å². The van der Waals surface area contributed by atoms with Gasteiger partial charge in [0.2, 0.25) is 0 Å². The molecular formula is C17H19NO4S. The van der Waals surface area contributed by atoms with Gasteiger partial charge in [0.1, 0.15) is 11.8 Å². The maximum absolute atomic E-state index is 12.4. The van der Waals surface area contributed by atoms with Gasteiger partial charge in [-0.2, -0.15) is 0 Å². The predicted molar refractivity (Wildman–Crippen MR) is 90.2 cm³/mol. The van der Waals surface area contributed by atoms with Crippen molar-refractivity contribution in [3.05, 3.63) is 40.1 Å². The maximum atomic E-state index is 12.4. The number of aryl methyl sites for hydroxylation is 1. The van der Waals surface area contributed by atoms with Crippen molar-refractivity contribution < 1.29 is 19.4 Å². The van der Waals surface area contributed by atoms with Gasteiger partial charge in [0.25, 0.3) is 5.91 Å². The Bertz CT molecular complexity index is 721. The van der Waals surface area contributed by atoms with Crippen molar-refractivity contribution in [3.63, 3.8) is 0 Å². The number of carboxylic acid groups (broad SMARTS) is 1. The third kappa shape index (κ3) is 3.53. The summed E-state index contributed by atoms with van der Waals surface area (Å²) in [6, 6.07) is 8.56. The van der Waals surface area contributed by atoms with E-state index in [-0.39, 0.29) is 5.91 Å². The molecule has 0 radical (unpaired) electrons. The van der Waals surface area contributed by atoms with Gasteiger partial charge in [-0.05, 0) is 43.2 Å². The number of hydrogen-bond acceptors (Lipinski definition) is 4. The maximum Gasteiger partial charge on any atom is 0.326 e. The van der Waals surface area contributed by atoms with Crippen LogP contribution in [0.15, 0.2) is 30.3 Å². The molecule has 23 heavy (non-hydrogen) atoms. The summed E-state index contributed by atoms with van der Waals surface area (Å²) in [5, 5.41) is 9.03. The van der Waals surface area contributed by atoms with Crippen molar-refractivity contribution in [2.24, 2.45) is 0 Å². The van der Waals surface area contributed by atoms with Crippen molar-refractivity contribution in [1.29, 1.82) is 0 Å². The highest BCUT2D eigenvalue weighted by Crippen LogP contribution is 2.32. The molecule has 0 spiro atoms. The van der Waals surface area contributed by atoms with Crippen LogP contribution in [0.1, 0.15) is 21.5 Å². The molecule has 0 saturated carbocycles. The van der Waals surface area contributed by atoms with Gasteiger partial charge in [0.15, 0.2) is 0 Å². The lowest BCUT2D eigenvalue weighted by Crippen LogP contribution is -2.39. The Hall–Kier alpha value is -2.34. The van der Waals surface area contributed by atoms with Crippen LogP contribution in [0.5, 0.6) is 5.75 Å². The Kier molecular flexibility index (Phi) is 5.05. The average molecular weight is 333 g/mol. The molecule has 2 aromatic rings. The molecule has 1 aromatic carbocycles. The second kappa shape index (κ2) is 6.83. The number of likely N-dealkylation sites (N-methyl/N-ethyl adjacent to an activating group) is 1. The first kappa shape index (κ1) is 17.0. The normalized spacial score (nSPS) is 11.8. The lowest BCUT2D eigenvalue weighted by molar-refractivity contribution is -0.141. The first-order valence-electron chi connectivity index (χ1n) is 7.10. The number of methoxy groups -OCH3 is 1. The van der Waals surface area contributed by atoms with E-state index in [1.807, 2.05) is 37.3 Å². The minimum Gasteiger partial charge on any atom is -0.497 e. The van der Waals surface area contributed by atoms with E-state index in [0.29, 0.717) is 4.88 Å². The summed E-state index contributed by atoms with van der Waals surface area (Å²) < 4.78 is 5.15. The van der Waals surface area contributed by atoms with Crippen LogP contribution in [0.2, 0.25) is 0 Å². The van der Waals surface area contributed by atoms with E-state index in [9.17, 15) is 9.59 Å². The Morgan fingerprint density at radius 3 is 2.39 bits per heavy atom. The number of nitrogens with zero attached hydrogens (tertiary/aromatic N) is 1. The Labute approximate surface area is 139 Å². The fourth-order valence-corrected chi connectivity index (χ4v) is 3.18. The zero-order chi connectivity index (χ0) is 17.1. The van der Waals surface area contributed by atoms with Gasteiger partial charge >= 0.3 is 5.97 Å². The second-order valence-electron chi connectivity index (χ2n) is 5.24. The Balaban J connectivity index is 2.29. The van der Waals surface area contributed by atoms with Gasteiger partial charge < -0.3 is 14.7 Å². The van der Waals surface area contributed by atoms with Crippen molar-refractivity contribution >= 4 is 23.2 Å². The molecule has 2 rings (SSSR count). The third-order valence-electron chi connectivity index (χ3n) is 3.79. The molecule has 0 aliphatic heterocycles. The molecular weight excluding hydrogens is 314 g/mol. The molecule has 0 aliphatic carbocycles. The lowest BCUT2D eigenvalue weighted by Gasteiger charge is -2.20. The predicted octanol–water partition coefficient (Wildman–Crippen LogP) is 3.28. The van der Waals surface area contributed by atoms with Crippen LogP contribution in [-0.4, -0.2) is 42.1 Å². The van der Waals surface area contributed by atoms with Gasteiger partial charge in [-0.25, -0.2) is 4.79 Å². The standard InChI is InChI=1S/C17H19NO4S/c1-10(17(20)21)18(3)16(19)15-9-14(11(2)23-15)12-5-7-13(22-4)8-6-12/h5-10H,1-4H3,(H,20,21). The van der Waals surface area contributed by atoms with Crippen molar-refractivity contribution in [2.75, 3.05) is 14.2 Å². The lowest BCUT2D eigenvalue weighted by atomic mass is 10.1. The highest BCUT2D eigenvalue weighted by Gasteiger charge is 2.24. The third-order valence-corrected chi connectivity index (χ3v) is 4.83. The van der Waals surface area contributed by atoms with E-state index >= 15 is 0 Å². The van der Waals surface area contributed by atoms with E-state index in [4.69, 9.17) is 9.84 Å². The first-order valence-corrected chi connectivity index (χ1v) is 7.91. The molecule has 0 bridgehead atoms. The summed E-state index contributed by atoms with van der Waals surface area (Å²) in [6.45, 7) is 3.44. The number of carboxylic acids is 1. The van der Waals surface area contributed by atoms with Crippen LogP contribution < -0.4 is 4.74 Å². The molecule has 1 heterocycles. The van der Waals surface area contributed by atoms with Crippen LogP contribution in [0.4, 0.5) is 0 Å². The quantitative estimate of drug-likeness (QED) is 0.912. The average Bonchev–Trinajstić information content (AvgIpc) is 2.94. The summed E-state index contributed by atoms with van der Waals surface area (Å²) in [5.41, 5.74) is 1.96. The number of aliphatic carboxylic acids is 1. The van der Waals surface area contributed by atoms with Gasteiger partial charge in [-0.1, -0.05) is 12.1 Å². The van der Waals surface area contributed by atoms with Crippen LogP contribution in [-0.2, 0) is 4.79 Å². The fraction of sp³-hybridized carbons (Fsp3) is 0.294. The largest absolute Gasteiger partial charge is 0.497 e. The number of hydrogen-bond donors (Lipinski definition) is 1. The zero-order valence-corrected chi connectivity index (χ0v) is 14.3. The first-order chi connectivity index (χ1) is 10.8. The van der Waals surface area contributed by atoms with Crippen LogP contribution in [0.25, 0.3) is 11.1 Å². The Morgan fingerprint density at radius 2 is 1.87 bits per heavy atom. The highest BCUT2D eigenvalue weighted by molar-refractivity contribution is 7.14. The van der Waals surface area contributed by atoms with Crippen LogP contribution in [0.3, 0.4) is 0 Å². The number of thiophene rings is 1. The van der Waals surface area contributed by atoms with E-state index in [1.165, 1.54) is 30.2 Å². The number of ether oxygens (including phenoxy) is 1. The Morgan fingerprint density at radius 1 is 1.26 bits per heavy atom. The smallest absolute Gasteiger partial charge is 0.326 e. The number of carbonyl (C=O) groups excluding carboxylic acids is 1. The minimum atomic E-state index is -1.02. The molecule has 1 N–H and O–H groups in total. The molecule has 0 saturated heterocycles. The molecule has 1 atom stereocenters. The summed E-state index contributed by atoms with van der Waals surface area (Å²) in [5.74, 6) is -0.537. The van der Waals surface area contributed by atoms with Crippen LogP contribution >= 0.6 is 11.3 Å². The summed E-state index contributed by atoms with van der Waals surface area (Å²) in [6.07, 6.45) is 0. The van der Waals surface area contributed by atoms with Crippen molar-refractivity contribution in [2.45, 2.75) is 19.9 Å². The summed E-state index contributed by atoms with van der Waals surface area (Å²) in [7, 11) is 3.12. The van der Waals surface area contributed by atoms with Gasteiger partial charge in [0, 0.05) is 11.9 Å². The second-order valence-corrected chi connectivity index (χ2v) is 6.50. The van der Waals surface area contributed by atoms with E-state index in [2.05, 4.69) is 0 Å². The van der Waals surface area contributed by atoms with Gasteiger partial charge in [-0.3, -0.25) is 4.79 Å². The monoisotopic (exact) mass is 333 g/mol. The van der Waals surface area contributed by atoms with Crippen LogP contribution in [0, 0.1) is 6.92 Å². The molecule has 6 heteroatoms. The van der Waals surface area contributed by atoms with Gasteiger partial charge in [0.05, 0.1) is 12.0 Å². The van der Waals surface area contributed by atoms with E-state index < -0.39 is 12.0 Å². The molecule has 0 aliphatic rings. The van der Waals surface area contributed by atoms with E-state index in [1.54, 1.807) is 7.11 Å². The van der Waals surface area contributed by atoms with Gasteiger partial charge in [-0.15, -0.1) is 11.3 Å². The summed E-state index contributed by atoms with van der Waals surface area (Å²) in [4.78, 5) is 26.3. The number of carbonyl (C=O) groups is 2. The van der Waals surface area contributed by atoms with Crippen molar-refractivity contribution in [1.82, 2.24) is 4.90 Å². The minimum absolute atomic E-state index is 0.284. The molecule has 5 nitrogen and oxygen atoms in total. The molecule has 1 aromatic heterocycles. The SMILES string of the molecule is COc1ccc(-c2cc(C(=O)N(C)C(C)C(=O)O)sc2C)cc1. The van der Waals surface area contributed by atoms with Crippen molar-refractivity contribution in [3.8, 4) is 16.9 Å². The number of benzene rings is 1. The molecule has 1 unspecified atom stereocenters. The molecule has 122 valence electrons. The highest BCUT2D eigenvalue weighted by atomic mass is 32.1. The fourth-order valence-electron chi connectivity index (χ4n) is 2.16. The number of rotatable bonds is 5.